The third kappa shape index (κ3) is 6.10. The van der Waals surface area contributed by atoms with Gasteiger partial charge in [0.15, 0.2) is 4.38 Å². The van der Waals surface area contributed by atoms with Crippen molar-refractivity contribution in [3.05, 3.63) is 40.2 Å². The van der Waals surface area contributed by atoms with E-state index in [4.69, 9.17) is 10.2 Å². The lowest BCUT2D eigenvalue weighted by molar-refractivity contribution is 0.473. The first-order chi connectivity index (χ1) is 11.2. The summed E-state index contributed by atoms with van der Waals surface area (Å²) in [5.74, 6) is 1.51. The third-order valence-electron chi connectivity index (χ3n) is 2.60. The van der Waals surface area contributed by atoms with E-state index in [0.29, 0.717) is 11.3 Å². The van der Waals surface area contributed by atoms with Crippen LogP contribution in [0.1, 0.15) is 26.3 Å². The molecule has 0 atom stereocenters. The van der Waals surface area contributed by atoms with E-state index in [1.54, 1.807) is 35.7 Å². The maximum absolute atomic E-state index is 11.5. The number of benzene rings is 1. The molecule has 0 radical (unpaired) electrons. The molecule has 3 rings (SSSR count). The van der Waals surface area contributed by atoms with Crippen molar-refractivity contribution in [2.45, 2.75) is 32.1 Å². The van der Waals surface area contributed by atoms with E-state index in [2.05, 4.69) is 10.5 Å². The molecular weight excluding hydrogens is 346 g/mol. The van der Waals surface area contributed by atoms with Crippen LogP contribution in [0.15, 0.2) is 38.6 Å². The van der Waals surface area contributed by atoms with Gasteiger partial charge in [-0.05, 0) is 38.5 Å². The Morgan fingerprint density at radius 3 is 2.75 bits per heavy atom. The summed E-state index contributed by atoms with van der Waals surface area (Å²) in [5.41, 5.74) is 9.11. The van der Waals surface area contributed by atoms with Gasteiger partial charge in [-0.3, -0.25) is 5.43 Å². The molecule has 0 amide bonds. The molecule has 130 valence electrons. The normalized spacial score (nSPS) is 13.9. The smallest absolute Gasteiger partial charge is 0.336 e. The van der Waals surface area contributed by atoms with E-state index >= 15 is 0 Å². The number of rotatable bonds is 2. The Bertz CT molecular complexity index is 791. The van der Waals surface area contributed by atoms with Gasteiger partial charge in [-0.15, -0.1) is 0 Å². The number of nitrogens with two attached hydrogens (primary N) is 1. The second-order valence-corrected chi connectivity index (χ2v) is 8.44. The number of fused-ring (bicyclic) bond motifs is 1. The number of thioether (sulfide) groups is 2. The van der Waals surface area contributed by atoms with E-state index in [1.165, 1.54) is 12.1 Å². The molecule has 0 saturated carbocycles. The van der Waals surface area contributed by atoms with Gasteiger partial charge in [-0.1, -0.05) is 23.5 Å². The molecule has 2 heterocycles. The molecule has 1 aromatic carbocycles. The average molecular weight is 367 g/mol. The lowest BCUT2D eigenvalue weighted by atomic mass is 10.1. The topological polar surface area (TPSA) is 101 Å². The predicted molar refractivity (Wildman–Crippen MR) is 102 cm³/mol. The minimum Gasteiger partial charge on any atom is -0.508 e. The molecule has 0 saturated heterocycles. The average Bonchev–Trinajstić information content (AvgIpc) is 2.95. The quantitative estimate of drug-likeness (QED) is 0.701. The molecule has 0 spiro atoms. The fraction of sp³-hybridized carbons (Fsp3) is 0.375. The molecule has 1 aromatic heterocycles. The number of phenols is 1. The number of hydrazone groups is 1. The van der Waals surface area contributed by atoms with Crippen molar-refractivity contribution in [1.29, 1.82) is 0 Å². The molecule has 0 unspecified atom stereocenters. The summed E-state index contributed by atoms with van der Waals surface area (Å²) >= 11 is 3.21. The summed E-state index contributed by atoms with van der Waals surface area (Å²) in [6.07, 6.45) is 0. The summed E-state index contributed by atoms with van der Waals surface area (Å²) in [7, 11) is 0. The molecule has 4 N–H and O–H groups in total. The Balaban J connectivity index is 0.000000368. The summed E-state index contributed by atoms with van der Waals surface area (Å²) in [4.78, 5) is 11.5. The van der Waals surface area contributed by atoms with Gasteiger partial charge in [0.1, 0.15) is 11.3 Å². The monoisotopic (exact) mass is 367 g/mol. The Morgan fingerprint density at radius 2 is 2.12 bits per heavy atom. The van der Waals surface area contributed by atoms with E-state index in [1.807, 2.05) is 20.8 Å². The Morgan fingerprint density at radius 1 is 1.42 bits per heavy atom. The van der Waals surface area contributed by atoms with Gasteiger partial charge in [-0.25, -0.2) is 4.79 Å². The summed E-state index contributed by atoms with van der Waals surface area (Å²) < 4.78 is 6.04. The highest BCUT2D eigenvalue weighted by molar-refractivity contribution is 8.38. The molecule has 6 nitrogen and oxygen atoms in total. The molecule has 8 heteroatoms. The van der Waals surface area contributed by atoms with Gasteiger partial charge in [0.05, 0.1) is 5.88 Å². The SMILES string of the molecule is CC(C)(C)N.O=c1cc(CSC2=NNCS2)c2ccc(O)cc2o1. The van der Waals surface area contributed by atoms with Gasteiger partial charge >= 0.3 is 5.63 Å². The molecule has 1 aliphatic heterocycles. The predicted octanol–water partition coefficient (Wildman–Crippen LogP) is 3.04. The molecule has 24 heavy (non-hydrogen) atoms. The van der Waals surface area contributed by atoms with Crippen molar-refractivity contribution >= 4 is 38.9 Å². The van der Waals surface area contributed by atoms with Crippen LogP contribution in [-0.2, 0) is 5.75 Å². The summed E-state index contributed by atoms with van der Waals surface area (Å²) in [6.45, 7) is 5.90. The molecule has 0 fully saturated rings. The van der Waals surface area contributed by atoms with Crippen molar-refractivity contribution in [3.63, 3.8) is 0 Å². The molecular formula is C16H21N3O3S2. The first-order valence-corrected chi connectivity index (χ1v) is 9.30. The van der Waals surface area contributed by atoms with Crippen molar-refractivity contribution < 1.29 is 9.52 Å². The number of aromatic hydroxyl groups is 1. The first kappa shape index (κ1) is 18.7. The Kier molecular flexibility index (Phi) is 6.20. The molecule has 0 aliphatic carbocycles. The van der Waals surface area contributed by atoms with Crippen LogP contribution in [0.5, 0.6) is 5.75 Å². The number of nitrogens with one attached hydrogen (secondary N) is 1. The number of nitrogens with zero attached hydrogens (tertiary/aromatic N) is 1. The second kappa shape index (κ2) is 7.96. The summed E-state index contributed by atoms with van der Waals surface area (Å²) in [6, 6.07) is 6.28. The molecule has 1 aliphatic rings. The minimum atomic E-state index is -0.409. The van der Waals surface area contributed by atoms with Crippen LogP contribution >= 0.6 is 23.5 Å². The zero-order valence-electron chi connectivity index (χ0n) is 13.8. The molecule has 2 aromatic rings. The van der Waals surface area contributed by atoms with E-state index in [9.17, 15) is 9.90 Å². The van der Waals surface area contributed by atoms with Gasteiger partial charge in [0.25, 0.3) is 0 Å². The van der Waals surface area contributed by atoms with Crippen LogP contribution < -0.4 is 16.8 Å². The highest BCUT2D eigenvalue weighted by Gasteiger charge is 2.11. The van der Waals surface area contributed by atoms with Crippen molar-refractivity contribution in [1.82, 2.24) is 5.43 Å². The highest BCUT2D eigenvalue weighted by Crippen LogP contribution is 2.28. The van der Waals surface area contributed by atoms with Gasteiger partial charge in [-0.2, -0.15) is 5.10 Å². The second-order valence-electron chi connectivity index (χ2n) is 6.25. The largest absolute Gasteiger partial charge is 0.508 e. The fourth-order valence-corrected chi connectivity index (χ4v) is 3.49. The van der Waals surface area contributed by atoms with Crippen molar-refractivity contribution in [2.24, 2.45) is 10.8 Å². The highest BCUT2D eigenvalue weighted by atomic mass is 32.2. The van der Waals surface area contributed by atoms with Crippen LogP contribution in [0.4, 0.5) is 0 Å². The minimum absolute atomic E-state index is 0. The third-order valence-corrected chi connectivity index (χ3v) is 4.71. The van der Waals surface area contributed by atoms with Crippen molar-refractivity contribution in [3.8, 4) is 5.75 Å². The lowest BCUT2D eigenvalue weighted by Gasteiger charge is -2.06. The Labute approximate surface area is 148 Å². The number of hydrogen-bond donors (Lipinski definition) is 3. The first-order valence-electron chi connectivity index (χ1n) is 7.33. The van der Waals surface area contributed by atoms with Gasteiger partial charge in [0, 0.05) is 28.8 Å². The van der Waals surface area contributed by atoms with Crippen LogP contribution in [0.3, 0.4) is 0 Å². The number of phenolic OH excluding ortho intramolecular Hbond substituents is 1. The lowest BCUT2D eigenvalue weighted by Crippen LogP contribution is -2.26. The fourth-order valence-electron chi connectivity index (χ4n) is 1.77. The van der Waals surface area contributed by atoms with Gasteiger partial charge < -0.3 is 15.3 Å². The standard InChI is InChI=1S/C12H10N2O3S2.C4H11N/c15-8-1-2-9-7(3-11(16)17-10(9)4-8)5-18-12-14-13-6-19-12;1-4(2,3)5/h1-4,13,15H,5-6H2;5H2,1-3H3. The van der Waals surface area contributed by atoms with Crippen LogP contribution in [0, 0.1) is 0 Å². The maximum atomic E-state index is 11.5. The maximum Gasteiger partial charge on any atom is 0.336 e. The van der Waals surface area contributed by atoms with Crippen LogP contribution in [0.25, 0.3) is 11.0 Å². The number of hydrogen-bond acceptors (Lipinski definition) is 8. The van der Waals surface area contributed by atoms with Crippen LogP contribution in [0.2, 0.25) is 0 Å². The molecule has 0 bridgehead atoms. The van der Waals surface area contributed by atoms with E-state index in [-0.39, 0.29) is 11.3 Å². The summed E-state index contributed by atoms with van der Waals surface area (Å²) in [5, 5.41) is 14.4. The zero-order valence-corrected chi connectivity index (χ0v) is 15.5. The van der Waals surface area contributed by atoms with E-state index in [0.717, 1.165) is 21.2 Å². The van der Waals surface area contributed by atoms with Crippen LogP contribution in [-0.4, -0.2) is 20.9 Å². The van der Waals surface area contributed by atoms with Gasteiger partial charge in [0.2, 0.25) is 0 Å². The van der Waals surface area contributed by atoms with E-state index < -0.39 is 5.63 Å². The zero-order chi connectivity index (χ0) is 17.7. The van der Waals surface area contributed by atoms with Crippen molar-refractivity contribution in [2.75, 3.05) is 5.88 Å². The Hall–Kier alpha value is -1.64.